The predicted octanol–water partition coefficient (Wildman–Crippen LogP) is 2.70. The summed E-state index contributed by atoms with van der Waals surface area (Å²) in [4.78, 5) is 19.9. The van der Waals surface area contributed by atoms with Crippen molar-refractivity contribution in [3.8, 4) is 0 Å². The number of carboxylic acids is 1. The highest BCUT2D eigenvalue weighted by Gasteiger charge is 2.28. The normalized spacial score (nSPS) is 15.6. The summed E-state index contributed by atoms with van der Waals surface area (Å²) in [6, 6.07) is 0. The second-order valence-electron chi connectivity index (χ2n) is 3.23. The lowest BCUT2D eigenvalue weighted by molar-refractivity contribution is -0.138. The molecular formula is C9H16Cl2O3. The topological polar surface area (TPSA) is 54.4 Å². The third kappa shape index (κ3) is 8.32. The van der Waals surface area contributed by atoms with Crippen molar-refractivity contribution in [2.24, 2.45) is 11.8 Å². The molecular weight excluding hydrogens is 227 g/mol. The van der Waals surface area contributed by atoms with Crippen molar-refractivity contribution >= 4 is 35.2 Å². The average Bonchev–Trinajstić information content (AvgIpc) is 2.85. The van der Waals surface area contributed by atoms with Crippen LogP contribution in [-0.2, 0) is 9.59 Å². The molecule has 0 spiro atoms. The Labute approximate surface area is 95.2 Å². The van der Waals surface area contributed by atoms with Crippen LogP contribution in [0.2, 0.25) is 0 Å². The van der Waals surface area contributed by atoms with Crippen LogP contribution < -0.4 is 0 Å². The number of carbonyl (C=O) groups is 2. The van der Waals surface area contributed by atoms with Crippen LogP contribution in [0.1, 0.15) is 33.1 Å². The third-order valence-electron chi connectivity index (χ3n) is 1.93. The Morgan fingerprint density at radius 3 is 1.93 bits per heavy atom. The molecule has 0 aromatic heterocycles. The van der Waals surface area contributed by atoms with Crippen molar-refractivity contribution in [1.82, 2.24) is 0 Å². The third-order valence-corrected chi connectivity index (χ3v) is 2.30. The standard InChI is InChI=1S/C5H9ClO.C4H6O2.ClH/c1-3-4(2)5(6)7;5-4(6)3-1-2-3;/h4H,3H2,1-2H3;3H,1-2H2,(H,5,6);1H. The summed E-state index contributed by atoms with van der Waals surface area (Å²) >= 11 is 5.09. The van der Waals surface area contributed by atoms with Gasteiger partial charge >= 0.3 is 5.97 Å². The van der Waals surface area contributed by atoms with Gasteiger partial charge in [-0.1, -0.05) is 13.8 Å². The molecule has 1 saturated carbocycles. The molecule has 1 atom stereocenters. The zero-order chi connectivity index (χ0) is 10.4. The van der Waals surface area contributed by atoms with Gasteiger partial charge in [0.25, 0.3) is 0 Å². The molecule has 0 amide bonds. The quantitative estimate of drug-likeness (QED) is 0.775. The van der Waals surface area contributed by atoms with E-state index in [1.54, 1.807) is 0 Å². The summed E-state index contributed by atoms with van der Waals surface area (Å²) in [5.74, 6) is -0.582. The number of carbonyl (C=O) groups excluding carboxylic acids is 1. The van der Waals surface area contributed by atoms with E-state index in [2.05, 4.69) is 0 Å². The van der Waals surface area contributed by atoms with Gasteiger partial charge in [-0.15, -0.1) is 12.4 Å². The second kappa shape index (κ2) is 8.06. The van der Waals surface area contributed by atoms with Crippen molar-refractivity contribution in [2.45, 2.75) is 33.1 Å². The van der Waals surface area contributed by atoms with Gasteiger partial charge in [0.2, 0.25) is 5.24 Å². The Balaban J connectivity index is 0. The van der Waals surface area contributed by atoms with Gasteiger partial charge in [-0.05, 0) is 30.9 Å². The minimum absolute atomic E-state index is 0. The number of halogens is 2. The van der Waals surface area contributed by atoms with Gasteiger partial charge in [0.15, 0.2) is 0 Å². The minimum Gasteiger partial charge on any atom is -0.481 e. The molecule has 0 aliphatic heterocycles. The van der Waals surface area contributed by atoms with E-state index in [-0.39, 0.29) is 29.5 Å². The van der Waals surface area contributed by atoms with Gasteiger partial charge in [-0.3, -0.25) is 9.59 Å². The molecule has 0 saturated heterocycles. The Hall–Kier alpha value is -0.280. The Morgan fingerprint density at radius 2 is 1.93 bits per heavy atom. The van der Waals surface area contributed by atoms with Crippen LogP contribution in [0.3, 0.4) is 0 Å². The first-order valence-electron chi connectivity index (χ1n) is 4.41. The van der Waals surface area contributed by atoms with Crippen molar-refractivity contribution in [1.29, 1.82) is 0 Å². The number of carboxylic acid groups (broad SMARTS) is 1. The van der Waals surface area contributed by atoms with Crippen LogP contribution in [0.15, 0.2) is 0 Å². The number of rotatable bonds is 3. The van der Waals surface area contributed by atoms with E-state index in [0.717, 1.165) is 19.3 Å². The van der Waals surface area contributed by atoms with Gasteiger partial charge < -0.3 is 5.11 Å². The van der Waals surface area contributed by atoms with Crippen molar-refractivity contribution in [3.05, 3.63) is 0 Å². The first kappa shape index (κ1) is 16.2. The molecule has 1 aliphatic carbocycles. The summed E-state index contributed by atoms with van der Waals surface area (Å²) in [6.07, 6.45) is 2.63. The maximum Gasteiger partial charge on any atom is 0.306 e. The molecule has 1 N–H and O–H groups in total. The fraction of sp³-hybridized carbons (Fsp3) is 0.778. The van der Waals surface area contributed by atoms with E-state index in [4.69, 9.17) is 16.7 Å². The molecule has 5 heteroatoms. The number of aliphatic carboxylic acids is 1. The first-order valence-corrected chi connectivity index (χ1v) is 4.79. The maximum absolute atomic E-state index is 10.1. The summed E-state index contributed by atoms with van der Waals surface area (Å²) in [5, 5.41) is 7.82. The molecule has 1 unspecified atom stereocenters. The molecule has 0 bridgehead atoms. The zero-order valence-electron chi connectivity index (χ0n) is 8.33. The molecule has 0 radical (unpaired) electrons. The van der Waals surface area contributed by atoms with Crippen molar-refractivity contribution < 1.29 is 14.7 Å². The van der Waals surface area contributed by atoms with E-state index >= 15 is 0 Å². The van der Waals surface area contributed by atoms with E-state index in [9.17, 15) is 9.59 Å². The average molecular weight is 243 g/mol. The van der Waals surface area contributed by atoms with Gasteiger partial charge in [0, 0.05) is 5.92 Å². The molecule has 0 aromatic rings. The van der Waals surface area contributed by atoms with Gasteiger partial charge in [-0.2, -0.15) is 0 Å². The maximum atomic E-state index is 10.1. The van der Waals surface area contributed by atoms with Crippen LogP contribution in [-0.4, -0.2) is 16.3 Å². The molecule has 0 aromatic carbocycles. The number of hydrogen-bond acceptors (Lipinski definition) is 2. The second-order valence-corrected chi connectivity index (χ2v) is 3.60. The smallest absolute Gasteiger partial charge is 0.306 e. The summed E-state index contributed by atoms with van der Waals surface area (Å²) in [5.41, 5.74) is 0. The monoisotopic (exact) mass is 242 g/mol. The summed E-state index contributed by atoms with van der Waals surface area (Å²) in [7, 11) is 0. The molecule has 14 heavy (non-hydrogen) atoms. The fourth-order valence-electron chi connectivity index (χ4n) is 0.491. The van der Waals surface area contributed by atoms with Crippen LogP contribution in [0.4, 0.5) is 0 Å². The Bertz CT molecular complexity index is 190. The summed E-state index contributed by atoms with van der Waals surface area (Å²) in [6.45, 7) is 3.75. The lowest BCUT2D eigenvalue weighted by atomic mass is 10.1. The van der Waals surface area contributed by atoms with E-state index in [1.807, 2.05) is 13.8 Å². The lowest BCUT2D eigenvalue weighted by Gasteiger charge is -1.95. The predicted molar refractivity (Wildman–Crippen MR) is 57.9 cm³/mol. The SMILES string of the molecule is CCC(C)C(=O)Cl.Cl.O=C(O)C1CC1. The van der Waals surface area contributed by atoms with Gasteiger partial charge in [-0.25, -0.2) is 0 Å². The van der Waals surface area contributed by atoms with E-state index in [1.165, 1.54) is 0 Å². The highest BCUT2D eigenvalue weighted by molar-refractivity contribution is 6.63. The summed E-state index contributed by atoms with van der Waals surface area (Å²) < 4.78 is 0. The van der Waals surface area contributed by atoms with Crippen LogP contribution in [0.5, 0.6) is 0 Å². The van der Waals surface area contributed by atoms with Crippen molar-refractivity contribution in [2.75, 3.05) is 0 Å². The molecule has 1 rings (SSSR count). The van der Waals surface area contributed by atoms with Gasteiger partial charge in [0.1, 0.15) is 0 Å². The number of hydrogen-bond donors (Lipinski definition) is 1. The van der Waals surface area contributed by atoms with E-state index in [0.29, 0.717) is 0 Å². The highest BCUT2D eigenvalue weighted by Crippen LogP contribution is 2.28. The van der Waals surface area contributed by atoms with Crippen LogP contribution in [0.25, 0.3) is 0 Å². The molecule has 3 nitrogen and oxygen atoms in total. The lowest BCUT2D eigenvalue weighted by Crippen LogP contribution is -1.99. The molecule has 1 fully saturated rings. The molecule has 0 heterocycles. The van der Waals surface area contributed by atoms with E-state index < -0.39 is 5.97 Å². The molecule has 1 aliphatic rings. The van der Waals surface area contributed by atoms with Crippen LogP contribution in [0, 0.1) is 11.8 Å². The first-order chi connectivity index (χ1) is 5.99. The Morgan fingerprint density at radius 1 is 1.50 bits per heavy atom. The zero-order valence-corrected chi connectivity index (χ0v) is 9.90. The highest BCUT2D eigenvalue weighted by atomic mass is 35.5. The molecule has 84 valence electrons. The van der Waals surface area contributed by atoms with Crippen LogP contribution >= 0.6 is 24.0 Å². The fourth-order valence-corrected chi connectivity index (χ4v) is 0.645. The van der Waals surface area contributed by atoms with Gasteiger partial charge in [0.05, 0.1) is 5.92 Å². The minimum atomic E-state index is -0.630. The van der Waals surface area contributed by atoms with Crippen molar-refractivity contribution in [3.63, 3.8) is 0 Å². The largest absolute Gasteiger partial charge is 0.481 e. The Kier molecular flexibility index (Phi) is 9.31.